The van der Waals surface area contributed by atoms with Gasteiger partial charge in [0.2, 0.25) is 0 Å². The Morgan fingerprint density at radius 1 is 1.20 bits per heavy atom. The number of aromatic amines is 1. The lowest BCUT2D eigenvalue weighted by molar-refractivity contribution is 0.425. The van der Waals surface area contributed by atoms with Gasteiger partial charge in [0.25, 0.3) is 0 Å². The Kier molecular flexibility index (Phi) is 4.69. The highest BCUT2D eigenvalue weighted by Gasteiger charge is 2.24. The van der Waals surface area contributed by atoms with Gasteiger partial charge in [-0.2, -0.15) is 0 Å². The molecule has 6 heteroatoms. The molecule has 0 radical (unpaired) electrons. The van der Waals surface area contributed by atoms with E-state index in [0.717, 1.165) is 22.9 Å². The third-order valence-corrected chi connectivity index (χ3v) is 5.46. The van der Waals surface area contributed by atoms with Crippen LogP contribution in [0.5, 0.6) is 0 Å². The summed E-state index contributed by atoms with van der Waals surface area (Å²) < 4.78 is 1.11. The summed E-state index contributed by atoms with van der Waals surface area (Å²) in [5, 5.41) is 23.6. The van der Waals surface area contributed by atoms with Crippen LogP contribution in [0, 0.1) is 0 Å². The summed E-state index contributed by atoms with van der Waals surface area (Å²) in [4.78, 5) is 3.60. The highest BCUT2D eigenvalue weighted by molar-refractivity contribution is 9.10. The van der Waals surface area contributed by atoms with E-state index in [-0.39, 0.29) is 6.04 Å². The van der Waals surface area contributed by atoms with Crippen molar-refractivity contribution < 1.29 is 10.0 Å². The molecule has 0 saturated carbocycles. The molecule has 0 aliphatic heterocycles. The lowest BCUT2D eigenvalue weighted by Gasteiger charge is -2.24. The van der Waals surface area contributed by atoms with Gasteiger partial charge in [-0.3, -0.25) is 0 Å². The lowest BCUT2D eigenvalue weighted by atomic mass is 9.79. The monoisotopic (exact) mass is 398 g/mol. The molecule has 4 rings (SSSR count). The molecule has 128 valence electrons. The number of benzene rings is 2. The van der Waals surface area contributed by atoms with E-state index in [1.807, 2.05) is 18.2 Å². The summed E-state index contributed by atoms with van der Waals surface area (Å²) in [5.74, 6) is 0. The van der Waals surface area contributed by atoms with E-state index >= 15 is 0 Å². The maximum atomic E-state index is 9.32. The number of hydrogen-bond donors (Lipinski definition) is 4. The van der Waals surface area contributed by atoms with E-state index in [1.165, 1.54) is 28.6 Å². The molecule has 25 heavy (non-hydrogen) atoms. The van der Waals surface area contributed by atoms with Crippen LogP contribution >= 0.6 is 15.9 Å². The van der Waals surface area contributed by atoms with Gasteiger partial charge in [-0.1, -0.05) is 40.2 Å². The standard InChI is InChI=1S/C19H20BBrN2O2/c21-14-7-8-17-16(10-14)15-5-2-6-18(19(15)23-17)22-11-12-3-1-4-13(9-12)20(24)25/h1,3-4,7-10,18,22-25H,2,5-6,11H2. The molecule has 2 aromatic carbocycles. The van der Waals surface area contributed by atoms with Gasteiger partial charge in [0.05, 0.1) is 0 Å². The van der Waals surface area contributed by atoms with E-state index in [2.05, 4.69) is 44.4 Å². The summed E-state index contributed by atoms with van der Waals surface area (Å²) in [5.41, 5.74) is 5.47. The SMILES string of the molecule is OB(O)c1cccc(CNC2CCCc3c2[nH]c2ccc(Br)cc32)c1. The smallest absolute Gasteiger partial charge is 0.423 e. The van der Waals surface area contributed by atoms with Crippen LogP contribution in [0.25, 0.3) is 10.9 Å². The topological polar surface area (TPSA) is 68.3 Å². The van der Waals surface area contributed by atoms with Crippen molar-refractivity contribution in [1.82, 2.24) is 10.3 Å². The van der Waals surface area contributed by atoms with Gasteiger partial charge in [-0.25, -0.2) is 0 Å². The molecular formula is C19H20BBrN2O2. The van der Waals surface area contributed by atoms with Crippen molar-refractivity contribution in [1.29, 1.82) is 0 Å². The average Bonchev–Trinajstić information content (AvgIpc) is 2.98. The van der Waals surface area contributed by atoms with E-state index in [4.69, 9.17) is 0 Å². The molecule has 0 fully saturated rings. The fraction of sp³-hybridized carbons (Fsp3) is 0.263. The van der Waals surface area contributed by atoms with Crippen molar-refractivity contribution in [2.24, 2.45) is 0 Å². The van der Waals surface area contributed by atoms with Crippen molar-refractivity contribution in [2.45, 2.75) is 31.8 Å². The summed E-state index contributed by atoms with van der Waals surface area (Å²) >= 11 is 3.57. The number of rotatable bonds is 4. The molecule has 0 amide bonds. The molecule has 4 nitrogen and oxygen atoms in total. The number of nitrogens with one attached hydrogen (secondary N) is 2. The minimum atomic E-state index is -1.42. The fourth-order valence-corrected chi connectivity index (χ4v) is 4.10. The van der Waals surface area contributed by atoms with E-state index < -0.39 is 7.12 Å². The van der Waals surface area contributed by atoms with Crippen molar-refractivity contribution in [3.63, 3.8) is 0 Å². The van der Waals surface area contributed by atoms with Crippen molar-refractivity contribution in [3.05, 3.63) is 63.8 Å². The van der Waals surface area contributed by atoms with E-state index in [9.17, 15) is 10.0 Å². The zero-order valence-electron chi connectivity index (χ0n) is 13.8. The molecule has 1 heterocycles. The quantitative estimate of drug-likeness (QED) is 0.511. The molecule has 1 aromatic heterocycles. The Balaban J connectivity index is 1.57. The molecule has 0 bridgehead atoms. The number of H-pyrrole nitrogens is 1. The van der Waals surface area contributed by atoms with Gasteiger partial charge in [0.1, 0.15) is 0 Å². The van der Waals surface area contributed by atoms with Crippen LogP contribution in [-0.2, 0) is 13.0 Å². The first-order valence-corrected chi connectivity index (χ1v) is 9.39. The fourth-order valence-electron chi connectivity index (χ4n) is 3.74. The number of aromatic nitrogens is 1. The Hall–Kier alpha value is -1.60. The van der Waals surface area contributed by atoms with Crippen LogP contribution in [0.3, 0.4) is 0 Å². The normalized spacial score (nSPS) is 16.8. The van der Waals surface area contributed by atoms with Gasteiger partial charge in [-0.15, -0.1) is 0 Å². The molecule has 1 aliphatic carbocycles. The van der Waals surface area contributed by atoms with E-state index in [1.54, 1.807) is 6.07 Å². The van der Waals surface area contributed by atoms with Crippen LogP contribution in [0.1, 0.15) is 35.7 Å². The van der Waals surface area contributed by atoms with Gasteiger partial charge >= 0.3 is 7.12 Å². The Morgan fingerprint density at radius 2 is 2.08 bits per heavy atom. The van der Waals surface area contributed by atoms with Crippen LogP contribution in [0.2, 0.25) is 0 Å². The molecule has 1 aliphatic rings. The second kappa shape index (κ2) is 6.96. The van der Waals surface area contributed by atoms with Gasteiger partial charge in [0, 0.05) is 33.7 Å². The predicted molar refractivity (Wildman–Crippen MR) is 105 cm³/mol. The van der Waals surface area contributed by atoms with Gasteiger partial charge in [-0.05, 0) is 54.1 Å². The van der Waals surface area contributed by atoms with Crippen molar-refractivity contribution >= 4 is 39.4 Å². The summed E-state index contributed by atoms with van der Waals surface area (Å²) in [6.45, 7) is 0.698. The zero-order chi connectivity index (χ0) is 17.4. The lowest BCUT2D eigenvalue weighted by Crippen LogP contribution is -2.31. The Morgan fingerprint density at radius 3 is 2.92 bits per heavy atom. The minimum Gasteiger partial charge on any atom is -0.423 e. The summed E-state index contributed by atoms with van der Waals surface area (Å²) in [7, 11) is -1.42. The molecule has 0 spiro atoms. The minimum absolute atomic E-state index is 0.289. The van der Waals surface area contributed by atoms with Crippen LogP contribution in [0.15, 0.2) is 46.9 Å². The molecule has 3 aromatic rings. The molecule has 1 unspecified atom stereocenters. The molecular weight excluding hydrogens is 379 g/mol. The van der Waals surface area contributed by atoms with Crippen LogP contribution < -0.4 is 10.8 Å². The number of hydrogen-bond acceptors (Lipinski definition) is 3. The van der Waals surface area contributed by atoms with Gasteiger partial charge in [0.15, 0.2) is 0 Å². The zero-order valence-corrected chi connectivity index (χ0v) is 15.4. The third-order valence-electron chi connectivity index (χ3n) is 4.97. The van der Waals surface area contributed by atoms with Crippen molar-refractivity contribution in [3.8, 4) is 0 Å². The van der Waals surface area contributed by atoms with Crippen molar-refractivity contribution in [2.75, 3.05) is 0 Å². The first-order chi connectivity index (χ1) is 12.1. The van der Waals surface area contributed by atoms with Crippen LogP contribution in [0.4, 0.5) is 0 Å². The van der Waals surface area contributed by atoms with Crippen LogP contribution in [-0.4, -0.2) is 22.2 Å². The third kappa shape index (κ3) is 3.40. The average molecular weight is 399 g/mol. The largest absolute Gasteiger partial charge is 0.488 e. The molecule has 1 atom stereocenters. The second-order valence-electron chi connectivity index (χ2n) is 6.65. The predicted octanol–water partition coefficient (Wildman–Crippen LogP) is 2.78. The summed E-state index contributed by atoms with van der Waals surface area (Å²) in [6.07, 6.45) is 3.37. The number of fused-ring (bicyclic) bond motifs is 3. The maximum absolute atomic E-state index is 9.32. The summed E-state index contributed by atoms with van der Waals surface area (Å²) in [6, 6.07) is 14.1. The Labute approximate surface area is 155 Å². The number of halogens is 1. The van der Waals surface area contributed by atoms with E-state index in [0.29, 0.717) is 12.0 Å². The first kappa shape index (κ1) is 16.9. The first-order valence-electron chi connectivity index (χ1n) is 8.60. The highest BCUT2D eigenvalue weighted by Crippen LogP contribution is 2.35. The number of aryl methyl sites for hydroxylation is 1. The molecule has 0 saturated heterocycles. The highest BCUT2D eigenvalue weighted by atomic mass is 79.9. The Bertz CT molecular complexity index is 910. The van der Waals surface area contributed by atoms with Gasteiger partial charge < -0.3 is 20.3 Å². The molecule has 4 N–H and O–H groups in total. The second-order valence-corrected chi connectivity index (χ2v) is 7.57. The maximum Gasteiger partial charge on any atom is 0.488 e.